The molecule has 0 saturated carbocycles. The van der Waals surface area contributed by atoms with E-state index in [-0.39, 0.29) is 24.2 Å². The number of hydrogen-bond donors (Lipinski definition) is 0. The Morgan fingerprint density at radius 1 is 1.20 bits per heavy atom. The van der Waals surface area contributed by atoms with Gasteiger partial charge in [0.1, 0.15) is 17.7 Å². The molecule has 0 aliphatic carbocycles. The third-order valence-electron chi connectivity index (χ3n) is 3.79. The largest absolute Gasteiger partial charge is 0.489 e. The zero-order valence-electron chi connectivity index (χ0n) is 11.2. The Labute approximate surface area is 117 Å². The summed E-state index contributed by atoms with van der Waals surface area (Å²) in [5, 5.41) is 0. The monoisotopic (exact) mass is 270 g/mol. The molecule has 1 aliphatic rings. The molecule has 1 aliphatic heterocycles. The fraction of sp³-hybridized carbons (Fsp3) is 0.235. The summed E-state index contributed by atoms with van der Waals surface area (Å²) in [4.78, 5) is 12.1. The Hall–Kier alpha value is -2.16. The molecule has 2 aromatic rings. The molecule has 0 radical (unpaired) electrons. The van der Waals surface area contributed by atoms with Crippen molar-refractivity contribution in [2.75, 3.05) is 0 Å². The summed E-state index contributed by atoms with van der Waals surface area (Å²) in [5.74, 6) is 0.127. The Kier molecular flexibility index (Phi) is 3.26. The molecule has 0 amide bonds. The summed E-state index contributed by atoms with van der Waals surface area (Å²) >= 11 is 0. The number of benzene rings is 2. The van der Waals surface area contributed by atoms with Gasteiger partial charge in [0.05, 0.1) is 5.56 Å². The molecule has 3 rings (SSSR count). The number of carbonyl (C=O) groups excluding carboxylic acids is 1. The van der Waals surface area contributed by atoms with E-state index < -0.39 is 5.82 Å². The average Bonchev–Trinajstić information content (AvgIpc) is 2.48. The van der Waals surface area contributed by atoms with Crippen molar-refractivity contribution < 1.29 is 13.9 Å². The minimum Gasteiger partial charge on any atom is -0.489 e. The van der Waals surface area contributed by atoms with Crippen LogP contribution in [0.25, 0.3) is 0 Å². The molecule has 0 spiro atoms. The van der Waals surface area contributed by atoms with Crippen molar-refractivity contribution in [2.45, 2.75) is 25.4 Å². The highest BCUT2D eigenvalue weighted by molar-refractivity contribution is 6.00. The van der Waals surface area contributed by atoms with Gasteiger partial charge in [0.25, 0.3) is 0 Å². The second-order valence-corrected chi connectivity index (χ2v) is 5.12. The topological polar surface area (TPSA) is 26.3 Å². The second kappa shape index (κ2) is 5.08. The fourth-order valence-electron chi connectivity index (χ4n) is 2.57. The molecule has 1 heterocycles. The van der Waals surface area contributed by atoms with Crippen LogP contribution < -0.4 is 4.74 Å². The van der Waals surface area contributed by atoms with Crippen molar-refractivity contribution in [3.8, 4) is 5.75 Å². The summed E-state index contributed by atoms with van der Waals surface area (Å²) in [6.07, 6.45) is 0.0786. The molecule has 20 heavy (non-hydrogen) atoms. The van der Waals surface area contributed by atoms with Gasteiger partial charge in [-0.05, 0) is 23.8 Å². The van der Waals surface area contributed by atoms with Crippen LogP contribution in [0, 0.1) is 5.82 Å². The molecule has 2 atom stereocenters. The van der Waals surface area contributed by atoms with Crippen molar-refractivity contribution in [2.24, 2.45) is 0 Å². The van der Waals surface area contributed by atoms with Crippen LogP contribution in [-0.4, -0.2) is 11.9 Å². The summed E-state index contributed by atoms with van der Waals surface area (Å²) in [6.45, 7) is 2.04. The molecule has 2 nitrogen and oxygen atoms in total. The number of hydrogen-bond acceptors (Lipinski definition) is 2. The second-order valence-electron chi connectivity index (χ2n) is 5.12. The van der Waals surface area contributed by atoms with E-state index in [4.69, 9.17) is 4.74 Å². The smallest absolute Gasteiger partial charge is 0.170 e. The first-order valence-corrected chi connectivity index (χ1v) is 6.69. The van der Waals surface area contributed by atoms with Gasteiger partial charge in [-0.15, -0.1) is 0 Å². The number of Topliss-reactive ketones (excluding diaryl/α,β-unsaturated/α-hetero) is 1. The van der Waals surface area contributed by atoms with Crippen molar-refractivity contribution in [1.82, 2.24) is 0 Å². The first kappa shape index (κ1) is 12.9. The zero-order chi connectivity index (χ0) is 14.1. The minimum atomic E-state index is -0.407. The Morgan fingerprint density at radius 3 is 2.70 bits per heavy atom. The fourth-order valence-corrected chi connectivity index (χ4v) is 2.57. The molecule has 2 unspecified atom stereocenters. The standard InChI is InChI=1S/C17H15FO2/c1-11(12-5-3-2-4-6-12)17-10-15(19)14-9-13(18)7-8-16(14)20-17/h2-9,11,17H,10H2,1H3. The van der Waals surface area contributed by atoms with Crippen LogP contribution in [0.15, 0.2) is 48.5 Å². The van der Waals surface area contributed by atoms with Gasteiger partial charge in [0.2, 0.25) is 0 Å². The maximum atomic E-state index is 13.2. The third-order valence-corrected chi connectivity index (χ3v) is 3.79. The minimum absolute atomic E-state index is 0.0569. The molecule has 0 saturated heterocycles. The third kappa shape index (κ3) is 2.31. The number of rotatable bonds is 2. The van der Waals surface area contributed by atoms with Crippen LogP contribution in [0.4, 0.5) is 4.39 Å². The predicted octanol–water partition coefficient (Wildman–Crippen LogP) is 3.96. The van der Waals surface area contributed by atoms with Crippen molar-refractivity contribution in [3.05, 3.63) is 65.5 Å². The number of halogens is 1. The predicted molar refractivity (Wildman–Crippen MR) is 74.6 cm³/mol. The lowest BCUT2D eigenvalue weighted by molar-refractivity contribution is 0.0816. The van der Waals surface area contributed by atoms with Crippen LogP contribution in [0.5, 0.6) is 5.75 Å². The lowest BCUT2D eigenvalue weighted by atomic mass is 9.89. The van der Waals surface area contributed by atoms with E-state index in [1.54, 1.807) is 0 Å². The highest BCUT2D eigenvalue weighted by Gasteiger charge is 2.31. The van der Waals surface area contributed by atoms with Crippen LogP contribution >= 0.6 is 0 Å². The molecule has 0 aromatic heterocycles. The van der Waals surface area contributed by atoms with Crippen molar-refractivity contribution in [1.29, 1.82) is 0 Å². The SMILES string of the molecule is CC(c1ccccc1)C1CC(=O)c2cc(F)ccc2O1. The molecule has 0 fully saturated rings. The van der Waals surface area contributed by atoms with E-state index in [1.807, 2.05) is 37.3 Å². The van der Waals surface area contributed by atoms with E-state index in [0.717, 1.165) is 5.56 Å². The highest BCUT2D eigenvalue weighted by Crippen LogP contribution is 2.34. The zero-order valence-corrected chi connectivity index (χ0v) is 11.2. The Morgan fingerprint density at radius 2 is 1.95 bits per heavy atom. The van der Waals surface area contributed by atoms with E-state index in [9.17, 15) is 9.18 Å². The van der Waals surface area contributed by atoms with Crippen LogP contribution in [0.1, 0.15) is 35.2 Å². The molecular formula is C17H15FO2. The molecule has 102 valence electrons. The summed E-state index contributed by atoms with van der Waals surface area (Å²) in [5.41, 5.74) is 1.48. The van der Waals surface area contributed by atoms with Gasteiger partial charge in [-0.3, -0.25) is 4.79 Å². The van der Waals surface area contributed by atoms with Gasteiger partial charge in [-0.25, -0.2) is 4.39 Å². The summed E-state index contributed by atoms with van der Waals surface area (Å²) in [6, 6.07) is 14.1. The van der Waals surface area contributed by atoms with Crippen LogP contribution in [0.2, 0.25) is 0 Å². The van der Waals surface area contributed by atoms with Crippen LogP contribution in [0.3, 0.4) is 0 Å². The lowest BCUT2D eigenvalue weighted by Crippen LogP contribution is -2.31. The first-order chi connectivity index (χ1) is 9.65. The normalized spacial score (nSPS) is 19.1. The maximum Gasteiger partial charge on any atom is 0.170 e. The quantitative estimate of drug-likeness (QED) is 0.825. The highest BCUT2D eigenvalue weighted by atomic mass is 19.1. The Bertz CT molecular complexity index is 637. The van der Waals surface area contributed by atoms with Gasteiger partial charge in [-0.2, -0.15) is 0 Å². The van der Waals surface area contributed by atoms with E-state index in [2.05, 4.69) is 0 Å². The number of ketones is 1. The average molecular weight is 270 g/mol. The molecular weight excluding hydrogens is 255 g/mol. The molecule has 0 bridgehead atoms. The van der Waals surface area contributed by atoms with Gasteiger partial charge < -0.3 is 4.74 Å². The summed E-state index contributed by atoms with van der Waals surface area (Å²) < 4.78 is 19.1. The number of fused-ring (bicyclic) bond motifs is 1. The number of carbonyl (C=O) groups is 1. The van der Waals surface area contributed by atoms with Gasteiger partial charge in [0, 0.05) is 12.3 Å². The van der Waals surface area contributed by atoms with Crippen molar-refractivity contribution >= 4 is 5.78 Å². The van der Waals surface area contributed by atoms with E-state index in [0.29, 0.717) is 11.3 Å². The summed E-state index contributed by atoms with van der Waals surface area (Å²) in [7, 11) is 0. The Balaban J connectivity index is 1.88. The van der Waals surface area contributed by atoms with E-state index >= 15 is 0 Å². The molecule has 2 aromatic carbocycles. The molecule has 3 heteroatoms. The first-order valence-electron chi connectivity index (χ1n) is 6.69. The van der Waals surface area contributed by atoms with Gasteiger partial charge >= 0.3 is 0 Å². The van der Waals surface area contributed by atoms with E-state index in [1.165, 1.54) is 18.2 Å². The maximum absolute atomic E-state index is 13.2. The molecule has 0 N–H and O–H groups in total. The van der Waals surface area contributed by atoms with Crippen LogP contribution in [-0.2, 0) is 0 Å². The lowest BCUT2D eigenvalue weighted by Gasteiger charge is -2.29. The number of ether oxygens (including phenoxy) is 1. The van der Waals surface area contributed by atoms with Gasteiger partial charge in [0.15, 0.2) is 5.78 Å². The van der Waals surface area contributed by atoms with Crippen molar-refractivity contribution in [3.63, 3.8) is 0 Å². The van der Waals surface area contributed by atoms with Gasteiger partial charge in [-0.1, -0.05) is 37.3 Å².